The molecule has 170 valence electrons. The van der Waals surface area contributed by atoms with Crippen molar-refractivity contribution in [3.05, 3.63) is 70.3 Å². The lowest BCUT2D eigenvalue weighted by molar-refractivity contribution is -0.385. The smallest absolute Gasteiger partial charge is 0.310 e. The molecule has 0 radical (unpaired) electrons. The van der Waals surface area contributed by atoms with Gasteiger partial charge in [0.1, 0.15) is 0 Å². The Morgan fingerprint density at radius 3 is 2.33 bits per heavy atom. The second kappa shape index (κ2) is 8.26. The van der Waals surface area contributed by atoms with Gasteiger partial charge in [0.15, 0.2) is 5.75 Å². The molecule has 1 aliphatic heterocycles. The van der Waals surface area contributed by atoms with E-state index in [4.69, 9.17) is 16.5 Å². The molecule has 0 unspecified atom stereocenters. The van der Waals surface area contributed by atoms with Gasteiger partial charge in [-0.15, -0.1) is 0 Å². The maximum atomic E-state index is 12.8. The lowest BCUT2D eigenvalue weighted by Gasteiger charge is -2.16. The highest BCUT2D eigenvalue weighted by atomic mass is 35.5. The van der Waals surface area contributed by atoms with Gasteiger partial charge in [-0.25, -0.2) is 8.42 Å². The number of carbonyl (C=O) groups excluding carboxylic acids is 1. The van der Waals surface area contributed by atoms with Crippen LogP contribution in [0.4, 0.5) is 28.4 Å². The normalized spacial score (nSPS) is 12.5. The van der Waals surface area contributed by atoms with Crippen LogP contribution in [0, 0.1) is 10.1 Å². The number of nitrogens with zero attached hydrogens (tertiary/aromatic N) is 2. The van der Waals surface area contributed by atoms with Crippen LogP contribution < -0.4 is 19.2 Å². The van der Waals surface area contributed by atoms with Crippen molar-refractivity contribution in [3.63, 3.8) is 0 Å². The van der Waals surface area contributed by atoms with E-state index >= 15 is 0 Å². The molecular weight excluding hydrogens is 472 g/mol. The van der Waals surface area contributed by atoms with E-state index in [1.54, 1.807) is 36.4 Å². The third kappa shape index (κ3) is 4.28. The topological polar surface area (TPSA) is 131 Å². The number of nitro benzene ring substituents is 1. The summed E-state index contributed by atoms with van der Waals surface area (Å²) in [6.07, 6.45) is 0.965. The fraction of sp³-hybridized carbons (Fsp3) is 0.0952. The predicted octanol–water partition coefficient (Wildman–Crippen LogP) is 4.50. The van der Waals surface area contributed by atoms with Crippen LogP contribution in [0.15, 0.2) is 54.6 Å². The first-order valence-corrected chi connectivity index (χ1v) is 11.6. The monoisotopic (exact) mass is 488 g/mol. The number of carbonyl (C=O) groups is 1. The minimum atomic E-state index is -3.70. The minimum Gasteiger partial charge on any atom is -0.490 e. The first-order chi connectivity index (χ1) is 15.6. The number of benzene rings is 3. The molecule has 3 aromatic carbocycles. The van der Waals surface area contributed by atoms with Gasteiger partial charge >= 0.3 is 5.69 Å². The van der Waals surface area contributed by atoms with Crippen LogP contribution >= 0.6 is 11.8 Å². The van der Waals surface area contributed by atoms with E-state index in [9.17, 15) is 23.3 Å². The molecule has 0 saturated heterocycles. The molecule has 12 heteroatoms. The molecular formula is C21H17ClN4O6S. The predicted molar refractivity (Wildman–Crippen MR) is 126 cm³/mol. The van der Waals surface area contributed by atoms with Crippen LogP contribution in [0.1, 0.15) is 10.4 Å². The van der Waals surface area contributed by atoms with Gasteiger partial charge in [-0.2, -0.15) is 3.82 Å². The van der Waals surface area contributed by atoms with E-state index in [1.165, 1.54) is 25.3 Å². The van der Waals surface area contributed by atoms with Crippen LogP contribution in [0.25, 0.3) is 11.1 Å². The zero-order valence-corrected chi connectivity index (χ0v) is 18.9. The number of halogens is 1. The van der Waals surface area contributed by atoms with Crippen molar-refractivity contribution >= 4 is 56.1 Å². The maximum Gasteiger partial charge on any atom is 0.310 e. The Labute approximate surface area is 194 Å². The Balaban J connectivity index is 1.74. The van der Waals surface area contributed by atoms with Crippen LogP contribution in [0.5, 0.6) is 5.75 Å². The van der Waals surface area contributed by atoms with Gasteiger partial charge in [0.25, 0.3) is 5.91 Å². The maximum absolute atomic E-state index is 12.8. The molecule has 0 aromatic heterocycles. The Morgan fingerprint density at radius 2 is 1.67 bits per heavy atom. The Kier molecular flexibility index (Phi) is 5.60. The van der Waals surface area contributed by atoms with Gasteiger partial charge in [0.2, 0.25) is 10.0 Å². The van der Waals surface area contributed by atoms with Crippen molar-refractivity contribution in [2.24, 2.45) is 0 Å². The number of ether oxygens (including phenoxy) is 1. The Hall–Kier alpha value is -3.83. The molecule has 1 heterocycles. The van der Waals surface area contributed by atoms with Crippen LogP contribution in [-0.2, 0) is 10.0 Å². The summed E-state index contributed by atoms with van der Waals surface area (Å²) in [7, 11) is -2.34. The molecule has 0 atom stereocenters. The molecule has 3 aromatic rings. The molecule has 0 aliphatic carbocycles. The zero-order valence-electron chi connectivity index (χ0n) is 17.3. The molecule has 0 saturated carbocycles. The van der Waals surface area contributed by atoms with Crippen molar-refractivity contribution in [1.82, 2.24) is 0 Å². The lowest BCUT2D eigenvalue weighted by Crippen LogP contribution is -2.19. The zero-order chi connectivity index (χ0) is 23.9. The molecule has 1 aliphatic rings. The first kappa shape index (κ1) is 22.4. The molecule has 2 N–H and O–H groups in total. The SMILES string of the molecule is COc1cc(-c2ccc3c(c2)Nc2ccc(N(Cl)S(C)(=O)=O)cc2NC3=O)ccc1[N+](=O)[O-]. The summed E-state index contributed by atoms with van der Waals surface area (Å²) in [5, 5.41) is 17.1. The van der Waals surface area contributed by atoms with Crippen molar-refractivity contribution in [2.75, 3.05) is 27.8 Å². The third-order valence-electron chi connectivity index (χ3n) is 4.99. The fourth-order valence-electron chi connectivity index (χ4n) is 3.41. The number of amides is 1. The molecule has 10 nitrogen and oxygen atoms in total. The highest BCUT2D eigenvalue weighted by Crippen LogP contribution is 2.38. The molecule has 33 heavy (non-hydrogen) atoms. The molecule has 0 spiro atoms. The summed E-state index contributed by atoms with van der Waals surface area (Å²) in [5.74, 6) is -0.283. The average molecular weight is 489 g/mol. The molecule has 1 amide bonds. The minimum absolute atomic E-state index is 0.118. The molecule has 4 rings (SSSR count). The second-order valence-corrected chi connectivity index (χ2v) is 9.56. The van der Waals surface area contributed by atoms with Gasteiger partial charge in [0, 0.05) is 17.8 Å². The summed E-state index contributed by atoms with van der Waals surface area (Å²) in [4.78, 5) is 23.4. The van der Waals surface area contributed by atoms with E-state index in [1.807, 2.05) is 0 Å². The van der Waals surface area contributed by atoms with Crippen molar-refractivity contribution in [1.29, 1.82) is 0 Å². The van der Waals surface area contributed by atoms with Crippen LogP contribution in [0.2, 0.25) is 0 Å². The number of nitrogens with one attached hydrogen (secondary N) is 2. The largest absolute Gasteiger partial charge is 0.490 e. The van der Waals surface area contributed by atoms with E-state index in [-0.39, 0.29) is 17.1 Å². The van der Waals surface area contributed by atoms with Crippen molar-refractivity contribution in [3.8, 4) is 16.9 Å². The standard InChI is InChI=1S/C21H17ClN4O6S/c1-32-20-10-13(4-8-19(20)26(28)29)12-3-6-15-17(9-12)23-16-7-5-14(25(22)33(2,30)31)11-18(16)24-21(15)27/h3-11,23H,1-2H3,(H,24,27). The third-order valence-corrected chi connectivity index (χ3v) is 6.73. The van der Waals surface area contributed by atoms with Gasteiger partial charge in [-0.05, 0) is 53.6 Å². The summed E-state index contributed by atoms with van der Waals surface area (Å²) in [5.41, 5.74) is 3.12. The Bertz CT molecular complexity index is 1410. The van der Waals surface area contributed by atoms with Gasteiger partial charge in [-0.1, -0.05) is 6.07 Å². The fourth-order valence-corrected chi connectivity index (χ4v) is 4.02. The number of anilines is 4. The van der Waals surface area contributed by atoms with Gasteiger partial charge in [0.05, 0.1) is 46.6 Å². The summed E-state index contributed by atoms with van der Waals surface area (Å²) >= 11 is 5.89. The highest BCUT2D eigenvalue weighted by Gasteiger charge is 2.23. The van der Waals surface area contributed by atoms with Gasteiger partial charge < -0.3 is 15.4 Å². The molecule has 0 fully saturated rings. The summed E-state index contributed by atoms with van der Waals surface area (Å²) in [6.45, 7) is 0. The molecule has 0 bridgehead atoms. The number of sulfonamides is 1. The van der Waals surface area contributed by atoms with E-state index in [0.29, 0.717) is 37.6 Å². The number of hydrogen-bond acceptors (Lipinski definition) is 7. The summed E-state index contributed by atoms with van der Waals surface area (Å²) in [6, 6.07) is 14.1. The van der Waals surface area contributed by atoms with Crippen LogP contribution in [-0.4, -0.2) is 32.6 Å². The highest BCUT2D eigenvalue weighted by molar-refractivity contribution is 7.93. The summed E-state index contributed by atoms with van der Waals surface area (Å²) < 4.78 is 29.2. The first-order valence-electron chi connectivity index (χ1n) is 9.44. The quantitative estimate of drug-likeness (QED) is 0.307. The van der Waals surface area contributed by atoms with Crippen molar-refractivity contribution < 1.29 is 22.9 Å². The van der Waals surface area contributed by atoms with Crippen molar-refractivity contribution in [2.45, 2.75) is 0 Å². The van der Waals surface area contributed by atoms with Gasteiger partial charge in [-0.3, -0.25) is 14.9 Å². The number of methoxy groups -OCH3 is 1. The average Bonchev–Trinajstić information content (AvgIpc) is 2.91. The Morgan fingerprint density at radius 1 is 0.970 bits per heavy atom. The number of fused-ring (bicyclic) bond motifs is 2. The number of hydrogen-bond donors (Lipinski definition) is 2. The number of nitro groups is 1. The van der Waals surface area contributed by atoms with Crippen LogP contribution in [0.3, 0.4) is 0 Å². The van der Waals surface area contributed by atoms with E-state index in [0.717, 1.165) is 6.26 Å². The number of rotatable bonds is 5. The van der Waals surface area contributed by atoms with E-state index < -0.39 is 20.9 Å². The lowest BCUT2D eigenvalue weighted by atomic mass is 10.0. The second-order valence-electron chi connectivity index (χ2n) is 7.19. The van der Waals surface area contributed by atoms with E-state index in [2.05, 4.69) is 10.6 Å².